The van der Waals surface area contributed by atoms with Gasteiger partial charge in [0.25, 0.3) is 0 Å². The van der Waals surface area contributed by atoms with E-state index >= 15 is 0 Å². The summed E-state index contributed by atoms with van der Waals surface area (Å²) < 4.78 is 0. The predicted molar refractivity (Wildman–Crippen MR) is 151 cm³/mol. The van der Waals surface area contributed by atoms with Gasteiger partial charge in [-0.2, -0.15) is 0 Å². The van der Waals surface area contributed by atoms with E-state index < -0.39 is 5.97 Å². The number of carboxylic acids is 1. The van der Waals surface area contributed by atoms with E-state index in [0.29, 0.717) is 6.42 Å². The van der Waals surface area contributed by atoms with Crippen molar-refractivity contribution in [3.8, 4) is 0 Å². The van der Waals surface area contributed by atoms with Crippen LogP contribution in [-0.2, 0) is 22.4 Å². The number of aliphatic carboxylic acids is 1. The van der Waals surface area contributed by atoms with E-state index in [1.807, 2.05) is 0 Å². The van der Waals surface area contributed by atoms with Gasteiger partial charge >= 0.3 is 5.97 Å². The average molecular weight is 506 g/mol. The number of thioether (sulfide) groups is 1. The fourth-order valence-electron chi connectivity index (χ4n) is 3.60. The summed E-state index contributed by atoms with van der Waals surface area (Å²) >= 11 is 1.80. The summed E-state index contributed by atoms with van der Waals surface area (Å²) in [6, 6.07) is 29.9. The molecule has 2 N–H and O–H groups in total. The molecule has 0 spiro atoms. The summed E-state index contributed by atoms with van der Waals surface area (Å²) in [4.78, 5) is 22.6. The van der Waals surface area contributed by atoms with Crippen LogP contribution in [0.5, 0.6) is 0 Å². The molecule has 5 heteroatoms. The van der Waals surface area contributed by atoms with Crippen molar-refractivity contribution < 1.29 is 14.7 Å². The van der Waals surface area contributed by atoms with Gasteiger partial charge in [-0.1, -0.05) is 92.6 Å². The second-order valence-electron chi connectivity index (χ2n) is 8.65. The molecular weight excluding hydrogens is 466 g/mol. The van der Waals surface area contributed by atoms with Crippen LogP contribution in [0.4, 0.5) is 0 Å². The van der Waals surface area contributed by atoms with E-state index in [0.717, 1.165) is 38.0 Å². The highest BCUT2D eigenvalue weighted by Crippen LogP contribution is 2.19. The van der Waals surface area contributed by atoms with E-state index in [2.05, 4.69) is 90.2 Å². The zero-order valence-electron chi connectivity index (χ0n) is 21.3. The molecule has 3 aromatic rings. The zero-order chi connectivity index (χ0) is 25.8. The van der Waals surface area contributed by atoms with E-state index in [4.69, 9.17) is 5.11 Å². The minimum atomic E-state index is -0.745. The number of carbonyl (C=O) groups excluding carboxylic acids is 1. The van der Waals surface area contributed by atoms with Gasteiger partial charge in [0.05, 0.1) is 0 Å². The average Bonchev–Trinajstić information content (AvgIpc) is 2.91. The lowest BCUT2D eigenvalue weighted by atomic mass is 10.1. The fourth-order valence-corrected chi connectivity index (χ4v) is 4.36. The molecule has 0 bridgehead atoms. The summed E-state index contributed by atoms with van der Waals surface area (Å²) in [6.45, 7) is 2.33. The van der Waals surface area contributed by atoms with Gasteiger partial charge in [-0.25, -0.2) is 0 Å². The van der Waals surface area contributed by atoms with E-state index in [9.17, 15) is 9.59 Å². The van der Waals surface area contributed by atoms with Crippen LogP contribution in [0.25, 0.3) is 0 Å². The minimum Gasteiger partial charge on any atom is -0.481 e. The molecule has 3 rings (SSSR count). The van der Waals surface area contributed by atoms with E-state index in [1.54, 1.807) is 18.7 Å². The maximum absolute atomic E-state index is 12.0. The molecule has 0 atom stereocenters. The van der Waals surface area contributed by atoms with Crippen molar-refractivity contribution in [3.63, 3.8) is 0 Å². The van der Waals surface area contributed by atoms with Crippen molar-refractivity contribution in [2.75, 3.05) is 12.3 Å². The van der Waals surface area contributed by atoms with Crippen LogP contribution in [0.3, 0.4) is 0 Å². The number of aryl methyl sites for hydroxylation is 1. The van der Waals surface area contributed by atoms with Crippen molar-refractivity contribution in [1.82, 2.24) is 5.32 Å². The highest BCUT2D eigenvalue weighted by atomic mass is 32.2. The number of nitrogens with one attached hydrogen (secondary N) is 1. The quantitative estimate of drug-likeness (QED) is 0.180. The summed E-state index contributed by atoms with van der Waals surface area (Å²) in [5.41, 5.74) is 4.07. The number of hydrogen-bond donors (Lipinski definition) is 2. The second kappa shape index (κ2) is 18.3. The molecule has 192 valence electrons. The topological polar surface area (TPSA) is 66.4 Å². The van der Waals surface area contributed by atoms with Gasteiger partial charge in [-0.3, -0.25) is 9.59 Å². The fraction of sp³-hybridized carbons (Fsp3) is 0.355. The molecule has 0 aromatic heterocycles. The van der Waals surface area contributed by atoms with Crippen molar-refractivity contribution >= 4 is 23.6 Å². The third-order valence-electron chi connectivity index (χ3n) is 5.63. The lowest BCUT2D eigenvalue weighted by Gasteiger charge is -2.07. The van der Waals surface area contributed by atoms with Crippen molar-refractivity contribution in [1.29, 1.82) is 0 Å². The first-order chi connectivity index (χ1) is 17.6. The Bertz CT molecular complexity index is 991. The molecule has 0 saturated carbocycles. The maximum Gasteiger partial charge on any atom is 0.303 e. The van der Waals surface area contributed by atoms with Gasteiger partial charge in [-0.15, -0.1) is 11.8 Å². The lowest BCUT2D eigenvalue weighted by molar-refractivity contribution is -0.136. The lowest BCUT2D eigenvalue weighted by Crippen LogP contribution is -2.25. The monoisotopic (exact) mass is 505 g/mol. The zero-order valence-corrected chi connectivity index (χ0v) is 22.1. The Morgan fingerprint density at radius 1 is 0.750 bits per heavy atom. The van der Waals surface area contributed by atoms with Crippen LogP contribution >= 0.6 is 11.8 Å². The highest BCUT2D eigenvalue weighted by Gasteiger charge is 2.02. The van der Waals surface area contributed by atoms with Crippen LogP contribution in [-0.4, -0.2) is 29.3 Å². The molecule has 0 aliphatic rings. The Hall–Kier alpha value is -3.05. The number of hydrogen-bond acceptors (Lipinski definition) is 3. The van der Waals surface area contributed by atoms with Crippen LogP contribution < -0.4 is 5.32 Å². The molecule has 0 unspecified atom stereocenters. The van der Waals surface area contributed by atoms with Crippen LogP contribution in [0, 0.1) is 0 Å². The second-order valence-corrected chi connectivity index (χ2v) is 9.82. The van der Waals surface area contributed by atoms with Gasteiger partial charge in [-0.05, 0) is 54.5 Å². The standard InChI is InChI=1S/C28H33NOS.C3H6O2/c30-28(16-10-2-1-5-11-24-12-6-3-7-13-24)29-21-22-31-27-19-17-26(18-20-27)23-25-14-8-4-9-15-25;1-2-3(4)5/h3-4,6-9,12-15,17-20H,1-2,5,10-11,16,21-23H2,(H,29,30);2H2,1H3,(H,4,5). The Morgan fingerprint density at radius 2 is 1.31 bits per heavy atom. The number of amides is 1. The first-order valence-corrected chi connectivity index (χ1v) is 13.8. The van der Waals surface area contributed by atoms with E-state index in [-0.39, 0.29) is 12.3 Å². The molecule has 0 radical (unpaired) electrons. The number of rotatable bonds is 14. The molecular formula is C31H39NO3S. The van der Waals surface area contributed by atoms with Gasteiger partial charge in [0, 0.05) is 30.0 Å². The van der Waals surface area contributed by atoms with Crippen LogP contribution in [0.2, 0.25) is 0 Å². The molecule has 4 nitrogen and oxygen atoms in total. The van der Waals surface area contributed by atoms with E-state index in [1.165, 1.54) is 34.4 Å². The molecule has 0 heterocycles. The van der Waals surface area contributed by atoms with Crippen LogP contribution in [0.1, 0.15) is 62.1 Å². The van der Waals surface area contributed by atoms with Crippen molar-refractivity contribution in [3.05, 3.63) is 102 Å². The Labute approximate surface area is 220 Å². The molecule has 36 heavy (non-hydrogen) atoms. The van der Waals surface area contributed by atoms with Gasteiger partial charge in [0.1, 0.15) is 0 Å². The maximum atomic E-state index is 12.0. The first-order valence-electron chi connectivity index (χ1n) is 12.8. The van der Waals surface area contributed by atoms with Crippen molar-refractivity contribution in [2.45, 2.75) is 63.2 Å². The Morgan fingerprint density at radius 3 is 1.92 bits per heavy atom. The predicted octanol–water partition coefficient (Wildman–Crippen LogP) is 7.16. The smallest absolute Gasteiger partial charge is 0.303 e. The third-order valence-corrected chi connectivity index (χ3v) is 6.65. The Kier molecular flexibility index (Phi) is 14.8. The van der Waals surface area contributed by atoms with Gasteiger partial charge in [0.2, 0.25) is 5.91 Å². The SMILES string of the molecule is CCC(=O)O.O=C(CCCCCCc1ccccc1)NCCSc1ccc(Cc2ccccc2)cc1. The summed E-state index contributed by atoms with van der Waals surface area (Å²) in [5.74, 6) is 0.341. The molecule has 0 saturated heterocycles. The van der Waals surface area contributed by atoms with Crippen molar-refractivity contribution in [2.24, 2.45) is 0 Å². The third kappa shape index (κ3) is 13.7. The first kappa shape index (κ1) is 29.2. The number of carbonyl (C=O) groups is 2. The van der Waals surface area contributed by atoms with Gasteiger partial charge < -0.3 is 10.4 Å². The summed E-state index contributed by atoms with van der Waals surface area (Å²) in [6.07, 6.45) is 7.47. The summed E-state index contributed by atoms with van der Waals surface area (Å²) in [5, 5.41) is 10.8. The number of unbranched alkanes of at least 4 members (excludes halogenated alkanes) is 3. The molecule has 3 aromatic carbocycles. The largest absolute Gasteiger partial charge is 0.481 e. The molecule has 0 aliphatic heterocycles. The van der Waals surface area contributed by atoms with Gasteiger partial charge in [0.15, 0.2) is 0 Å². The minimum absolute atomic E-state index is 0.182. The molecule has 0 fully saturated rings. The molecule has 0 aliphatic carbocycles. The number of benzene rings is 3. The normalized spacial score (nSPS) is 10.2. The van der Waals surface area contributed by atoms with Crippen LogP contribution in [0.15, 0.2) is 89.8 Å². The number of carboxylic acid groups (broad SMARTS) is 1. The summed E-state index contributed by atoms with van der Waals surface area (Å²) in [7, 11) is 0. The Balaban J connectivity index is 0.000000830. The molecule has 1 amide bonds. The highest BCUT2D eigenvalue weighted by molar-refractivity contribution is 7.99.